The molecular formula is C13H14F2N2S. The molecule has 1 aliphatic carbocycles. The molecule has 1 aromatic rings. The van der Waals surface area contributed by atoms with Crippen LogP contribution in [0.2, 0.25) is 0 Å². The zero-order valence-electron chi connectivity index (χ0n) is 10.0. The van der Waals surface area contributed by atoms with Gasteiger partial charge in [0.25, 0.3) is 0 Å². The fraction of sp³-hybridized carbons (Fsp3) is 0.462. The van der Waals surface area contributed by atoms with Crippen molar-refractivity contribution in [3.05, 3.63) is 35.4 Å². The predicted octanol–water partition coefficient (Wildman–Crippen LogP) is 2.04. The second-order valence-corrected chi connectivity index (χ2v) is 5.54. The number of piperidine rings is 1. The summed E-state index contributed by atoms with van der Waals surface area (Å²) < 4.78 is 26.6. The molecule has 0 aromatic heterocycles. The van der Waals surface area contributed by atoms with Crippen molar-refractivity contribution in [3.63, 3.8) is 0 Å². The van der Waals surface area contributed by atoms with E-state index in [-0.39, 0.29) is 5.41 Å². The van der Waals surface area contributed by atoms with Crippen LogP contribution in [0.3, 0.4) is 0 Å². The molecule has 1 N–H and O–H groups in total. The summed E-state index contributed by atoms with van der Waals surface area (Å²) >= 11 is 5.21. The number of rotatable bonds is 1. The number of hydrogen-bond donors (Lipinski definition) is 1. The van der Waals surface area contributed by atoms with Crippen molar-refractivity contribution in [1.29, 1.82) is 0 Å². The lowest BCUT2D eigenvalue weighted by molar-refractivity contribution is 0.442. The summed E-state index contributed by atoms with van der Waals surface area (Å²) in [4.78, 5) is 2.08. The minimum absolute atomic E-state index is 0.0934. The van der Waals surface area contributed by atoms with Gasteiger partial charge in [-0.3, -0.25) is 0 Å². The third-order valence-corrected chi connectivity index (χ3v) is 4.55. The first-order valence-corrected chi connectivity index (χ1v) is 6.39. The fourth-order valence-corrected chi connectivity index (χ4v) is 3.22. The minimum atomic E-state index is -0.500. The van der Waals surface area contributed by atoms with E-state index in [2.05, 4.69) is 10.2 Å². The molecule has 3 rings (SSSR count). The Labute approximate surface area is 110 Å². The molecule has 5 heteroatoms. The van der Waals surface area contributed by atoms with E-state index in [0.717, 1.165) is 31.1 Å². The lowest BCUT2D eigenvalue weighted by atomic mass is 9.95. The lowest BCUT2D eigenvalue weighted by Crippen LogP contribution is -2.38. The SMILES string of the molecule is CNC(=S)N1C[C@@H]2C[C@]2(c2cc(F)cc(F)c2)C1. The van der Waals surface area contributed by atoms with Crippen molar-refractivity contribution in [3.8, 4) is 0 Å². The molecule has 0 unspecified atom stereocenters. The molecule has 2 fully saturated rings. The van der Waals surface area contributed by atoms with E-state index >= 15 is 0 Å². The van der Waals surface area contributed by atoms with Gasteiger partial charge in [0.1, 0.15) is 11.6 Å². The summed E-state index contributed by atoms with van der Waals surface area (Å²) in [6.45, 7) is 1.62. The number of benzene rings is 1. The van der Waals surface area contributed by atoms with E-state index in [9.17, 15) is 8.78 Å². The van der Waals surface area contributed by atoms with Crippen LogP contribution in [0.5, 0.6) is 0 Å². The first kappa shape index (κ1) is 11.8. The average Bonchev–Trinajstić information content (AvgIpc) is 2.90. The first-order chi connectivity index (χ1) is 8.55. The van der Waals surface area contributed by atoms with Crippen LogP contribution in [0, 0.1) is 17.6 Å². The smallest absolute Gasteiger partial charge is 0.168 e. The Balaban J connectivity index is 1.88. The molecule has 96 valence electrons. The second kappa shape index (κ2) is 3.88. The molecule has 0 radical (unpaired) electrons. The number of halogens is 2. The molecule has 1 aromatic carbocycles. The summed E-state index contributed by atoms with van der Waals surface area (Å²) in [5, 5.41) is 3.66. The average molecular weight is 268 g/mol. The van der Waals surface area contributed by atoms with Gasteiger partial charge in [-0.1, -0.05) is 0 Å². The highest BCUT2D eigenvalue weighted by Gasteiger charge is 2.61. The highest BCUT2D eigenvalue weighted by atomic mass is 32.1. The quantitative estimate of drug-likeness (QED) is 0.785. The molecule has 2 nitrogen and oxygen atoms in total. The summed E-state index contributed by atoms with van der Waals surface area (Å²) in [5.41, 5.74) is 0.676. The van der Waals surface area contributed by atoms with Crippen LogP contribution in [0.15, 0.2) is 18.2 Å². The van der Waals surface area contributed by atoms with E-state index in [1.165, 1.54) is 12.1 Å². The Kier molecular flexibility index (Phi) is 2.55. The zero-order valence-corrected chi connectivity index (χ0v) is 10.9. The van der Waals surface area contributed by atoms with Gasteiger partial charge >= 0.3 is 0 Å². The monoisotopic (exact) mass is 268 g/mol. The molecule has 2 aliphatic rings. The fourth-order valence-electron chi connectivity index (χ4n) is 3.08. The third-order valence-electron chi connectivity index (χ3n) is 4.08. The maximum Gasteiger partial charge on any atom is 0.168 e. The zero-order chi connectivity index (χ0) is 12.9. The van der Waals surface area contributed by atoms with Crippen LogP contribution in [-0.2, 0) is 5.41 Å². The molecule has 0 bridgehead atoms. The van der Waals surface area contributed by atoms with Gasteiger partial charge in [0.15, 0.2) is 5.11 Å². The van der Waals surface area contributed by atoms with Gasteiger partial charge in [-0.2, -0.15) is 0 Å². The molecule has 1 saturated carbocycles. The lowest BCUT2D eigenvalue weighted by Gasteiger charge is -2.23. The Morgan fingerprint density at radius 3 is 2.67 bits per heavy atom. The van der Waals surface area contributed by atoms with Gasteiger partial charge < -0.3 is 10.2 Å². The summed E-state index contributed by atoms with van der Waals surface area (Å²) in [6.07, 6.45) is 0.999. The Hall–Kier alpha value is -1.23. The summed E-state index contributed by atoms with van der Waals surface area (Å²) in [7, 11) is 1.79. The molecule has 18 heavy (non-hydrogen) atoms. The maximum atomic E-state index is 13.3. The number of nitrogens with one attached hydrogen (secondary N) is 1. The van der Waals surface area contributed by atoms with Crippen LogP contribution < -0.4 is 5.32 Å². The van der Waals surface area contributed by atoms with Crippen molar-refractivity contribution in [2.45, 2.75) is 11.8 Å². The van der Waals surface area contributed by atoms with Crippen molar-refractivity contribution >= 4 is 17.3 Å². The predicted molar refractivity (Wildman–Crippen MR) is 69.4 cm³/mol. The number of fused-ring (bicyclic) bond motifs is 1. The summed E-state index contributed by atoms with van der Waals surface area (Å²) in [6, 6.07) is 3.83. The van der Waals surface area contributed by atoms with Gasteiger partial charge in [-0.25, -0.2) is 8.78 Å². The highest BCUT2D eigenvalue weighted by molar-refractivity contribution is 7.80. The van der Waals surface area contributed by atoms with Crippen molar-refractivity contribution in [1.82, 2.24) is 10.2 Å². The summed E-state index contributed by atoms with van der Waals surface area (Å²) in [5.74, 6) is -0.538. The van der Waals surface area contributed by atoms with Gasteiger partial charge in [-0.05, 0) is 42.3 Å². The number of hydrogen-bond acceptors (Lipinski definition) is 1. The van der Waals surface area contributed by atoms with Crippen LogP contribution in [0.4, 0.5) is 8.78 Å². The van der Waals surface area contributed by atoms with Crippen molar-refractivity contribution in [2.24, 2.45) is 5.92 Å². The van der Waals surface area contributed by atoms with E-state index < -0.39 is 11.6 Å². The highest BCUT2D eigenvalue weighted by Crippen LogP contribution is 2.59. The normalized spacial score (nSPS) is 29.1. The molecule has 0 amide bonds. The number of nitrogens with zero attached hydrogens (tertiary/aromatic N) is 1. The standard InChI is InChI=1S/C13H14F2N2S/c1-16-12(18)17-6-9-5-13(9,7-17)8-2-10(14)4-11(15)3-8/h2-4,9H,5-7H2,1H3,(H,16,18)/t9-,13+/m0/s1. The molecule has 2 atom stereocenters. The third kappa shape index (κ3) is 1.68. The topological polar surface area (TPSA) is 15.3 Å². The minimum Gasteiger partial charge on any atom is -0.366 e. The Bertz CT molecular complexity index is 499. The van der Waals surface area contributed by atoms with Gasteiger partial charge in [-0.15, -0.1) is 0 Å². The molecule has 0 spiro atoms. The van der Waals surface area contributed by atoms with Crippen molar-refractivity contribution in [2.75, 3.05) is 20.1 Å². The largest absolute Gasteiger partial charge is 0.366 e. The molecule has 1 aliphatic heterocycles. The van der Waals surface area contributed by atoms with Crippen LogP contribution in [0.1, 0.15) is 12.0 Å². The first-order valence-electron chi connectivity index (χ1n) is 5.98. The molecular weight excluding hydrogens is 254 g/mol. The van der Waals surface area contributed by atoms with Crippen LogP contribution in [-0.4, -0.2) is 30.1 Å². The van der Waals surface area contributed by atoms with Crippen LogP contribution in [0.25, 0.3) is 0 Å². The van der Waals surface area contributed by atoms with E-state index in [1.54, 1.807) is 7.05 Å². The molecule has 1 saturated heterocycles. The van der Waals surface area contributed by atoms with Crippen LogP contribution >= 0.6 is 12.2 Å². The van der Waals surface area contributed by atoms with E-state index in [1.807, 2.05) is 0 Å². The van der Waals surface area contributed by atoms with Crippen molar-refractivity contribution < 1.29 is 8.78 Å². The van der Waals surface area contributed by atoms with Gasteiger partial charge in [0, 0.05) is 31.6 Å². The second-order valence-electron chi connectivity index (χ2n) is 5.15. The Morgan fingerprint density at radius 1 is 1.39 bits per heavy atom. The number of likely N-dealkylation sites (tertiary alicyclic amines) is 1. The van der Waals surface area contributed by atoms with E-state index in [0.29, 0.717) is 11.0 Å². The maximum absolute atomic E-state index is 13.3. The number of thiocarbonyl (C=S) groups is 1. The molecule has 1 heterocycles. The van der Waals surface area contributed by atoms with Gasteiger partial charge in [0.2, 0.25) is 0 Å². The van der Waals surface area contributed by atoms with Gasteiger partial charge in [0.05, 0.1) is 0 Å². The van der Waals surface area contributed by atoms with E-state index in [4.69, 9.17) is 12.2 Å². The Morgan fingerprint density at radius 2 is 2.06 bits per heavy atom.